The lowest BCUT2D eigenvalue weighted by Gasteiger charge is -2.25. The van der Waals surface area contributed by atoms with E-state index in [1.54, 1.807) is 57.2 Å². The highest BCUT2D eigenvalue weighted by molar-refractivity contribution is 9.13. The van der Waals surface area contributed by atoms with Crippen molar-refractivity contribution < 1.29 is 13.9 Å². The molecule has 0 bridgehead atoms. The first-order chi connectivity index (χ1) is 15.2. The van der Waals surface area contributed by atoms with E-state index in [0.717, 1.165) is 10.0 Å². The number of hydrogen-bond donors (Lipinski definition) is 0. The molecule has 6 nitrogen and oxygen atoms in total. The molecule has 0 spiro atoms. The summed E-state index contributed by atoms with van der Waals surface area (Å²) >= 11 is 14.0. The third kappa shape index (κ3) is 4.44. The lowest BCUT2D eigenvalue weighted by atomic mass is 9.96. The number of rotatable bonds is 4. The molecular formula is C22H17Br2ClN2O4S. The first-order valence-corrected chi connectivity index (χ1v) is 12.4. The minimum absolute atomic E-state index is 0.278. The fourth-order valence-corrected chi connectivity index (χ4v) is 5.14. The Morgan fingerprint density at radius 3 is 2.59 bits per heavy atom. The molecule has 1 atom stereocenters. The zero-order valence-corrected chi connectivity index (χ0v) is 21.9. The zero-order chi connectivity index (χ0) is 23.2. The van der Waals surface area contributed by atoms with Crippen molar-refractivity contribution >= 4 is 66.8 Å². The zero-order valence-electron chi connectivity index (χ0n) is 17.2. The largest absolute Gasteiger partial charge is 0.459 e. The Morgan fingerprint density at radius 1 is 1.31 bits per heavy atom. The SMILES string of the molecule is CC1=C(C(=O)OC(C)C)[C@H](c2ccc(Cl)cc2)n2c(s/c(=C/c3cc(Br)c(Br)o3)c2=O)=N1. The summed E-state index contributed by atoms with van der Waals surface area (Å²) in [4.78, 5) is 31.5. The maximum Gasteiger partial charge on any atom is 0.338 e. The summed E-state index contributed by atoms with van der Waals surface area (Å²) in [6, 6.07) is 8.12. The molecule has 0 unspecified atom stereocenters. The van der Waals surface area contributed by atoms with Crippen molar-refractivity contribution in [2.24, 2.45) is 4.99 Å². The molecule has 10 heteroatoms. The summed E-state index contributed by atoms with van der Waals surface area (Å²) in [5, 5.41) is 0.558. The van der Waals surface area contributed by atoms with Crippen LogP contribution >= 0.6 is 54.8 Å². The predicted octanol–water partition coefficient (Wildman–Crippen LogP) is 4.96. The quantitative estimate of drug-likeness (QED) is 0.397. The van der Waals surface area contributed by atoms with Crippen LogP contribution in [0.15, 0.2) is 64.9 Å². The number of benzene rings is 1. The standard InChI is InChI=1S/C22H17Br2ClN2O4S/c1-10(2)30-21(29)17-11(3)26-22-27(18(17)12-4-6-13(25)7-5-12)20(28)16(32-22)9-14-8-15(23)19(24)31-14/h4-10,18H,1-3H3/b16-9+/t18-/m0/s1. The molecule has 2 aromatic heterocycles. The lowest BCUT2D eigenvalue weighted by Crippen LogP contribution is -2.40. The lowest BCUT2D eigenvalue weighted by molar-refractivity contribution is -0.143. The Hall–Kier alpha value is -1.94. The van der Waals surface area contributed by atoms with Gasteiger partial charge in [0.2, 0.25) is 0 Å². The molecule has 1 aliphatic heterocycles. The number of halogens is 3. The molecular weight excluding hydrogens is 584 g/mol. The monoisotopic (exact) mass is 598 g/mol. The van der Waals surface area contributed by atoms with Gasteiger partial charge < -0.3 is 9.15 Å². The topological polar surface area (TPSA) is 73.8 Å². The molecule has 0 N–H and O–H groups in total. The summed E-state index contributed by atoms with van der Waals surface area (Å²) in [5.41, 5.74) is 1.28. The number of carbonyl (C=O) groups is 1. The Morgan fingerprint density at radius 2 is 2.00 bits per heavy atom. The highest BCUT2D eigenvalue weighted by atomic mass is 79.9. The van der Waals surface area contributed by atoms with E-state index in [9.17, 15) is 9.59 Å². The van der Waals surface area contributed by atoms with Crippen molar-refractivity contribution in [2.45, 2.75) is 32.9 Å². The fourth-order valence-electron chi connectivity index (χ4n) is 3.38. The van der Waals surface area contributed by atoms with E-state index in [-0.39, 0.29) is 11.7 Å². The van der Waals surface area contributed by atoms with Crippen LogP contribution in [-0.2, 0) is 9.53 Å². The van der Waals surface area contributed by atoms with Crippen LogP contribution in [0, 0.1) is 0 Å². The normalized spacial score (nSPS) is 16.3. The average Bonchev–Trinajstić information content (AvgIpc) is 3.19. The molecule has 3 heterocycles. The van der Waals surface area contributed by atoms with Gasteiger partial charge in [0.05, 0.1) is 32.4 Å². The molecule has 166 valence electrons. The van der Waals surface area contributed by atoms with Crippen LogP contribution in [0.1, 0.15) is 38.1 Å². The molecule has 0 saturated heterocycles. The van der Waals surface area contributed by atoms with Crippen molar-refractivity contribution in [1.29, 1.82) is 0 Å². The van der Waals surface area contributed by atoms with Gasteiger partial charge in [0, 0.05) is 11.1 Å². The number of thiazole rings is 1. The minimum atomic E-state index is -0.688. The highest BCUT2D eigenvalue weighted by Gasteiger charge is 2.33. The number of hydrogen-bond acceptors (Lipinski definition) is 6. The number of esters is 1. The molecule has 1 aliphatic rings. The summed E-state index contributed by atoms with van der Waals surface area (Å²) in [6.07, 6.45) is 1.35. The number of allylic oxidation sites excluding steroid dienone is 1. The van der Waals surface area contributed by atoms with Crippen LogP contribution in [0.2, 0.25) is 5.02 Å². The Labute approximate surface area is 209 Å². The Kier molecular flexibility index (Phi) is 6.63. The highest BCUT2D eigenvalue weighted by Crippen LogP contribution is 2.32. The maximum atomic E-state index is 13.5. The van der Waals surface area contributed by atoms with Gasteiger partial charge in [-0.05, 0) is 76.4 Å². The van der Waals surface area contributed by atoms with Crippen molar-refractivity contribution in [2.75, 3.05) is 0 Å². The maximum absolute atomic E-state index is 13.5. The first-order valence-electron chi connectivity index (χ1n) is 9.59. The molecule has 0 saturated carbocycles. The van der Waals surface area contributed by atoms with E-state index in [1.807, 2.05) is 0 Å². The van der Waals surface area contributed by atoms with Gasteiger partial charge in [0.25, 0.3) is 5.56 Å². The van der Waals surface area contributed by atoms with Gasteiger partial charge >= 0.3 is 5.97 Å². The van der Waals surface area contributed by atoms with Gasteiger partial charge in [0.15, 0.2) is 9.47 Å². The van der Waals surface area contributed by atoms with Crippen molar-refractivity contribution in [3.63, 3.8) is 0 Å². The van der Waals surface area contributed by atoms with E-state index in [4.69, 9.17) is 20.8 Å². The van der Waals surface area contributed by atoms with Gasteiger partial charge in [-0.1, -0.05) is 35.1 Å². The minimum Gasteiger partial charge on any atom is -0.459 e. The molecule has 0 radical (unpaired) electrons. The molecule has 32 heavy (non-hydrogen) atoms. The second kappa shape index (κ2) is 9.13. The third-order valence-corrected chi connectivity index (χ3v) is 7.65. The van der Waals surface area contributed by atoms with Crippen LogP contribution in [-0.4, -0.2) is 16.6 Å². The average molecular weight is 601 g/mol. The van der Waals surface area contributed by atoms with Gasteiger partial charge in [-0.25, -0.2) is 9.79 Å². The van der Waals surface area contributed by atoms with Gasteiger partial charge in [-0.15, -0.1) is 0 Å². The van der Waals surface area contributed by atoms with Crippen molar-refractivity contribution in [3.8, 4) is 0 Å². The third-order valence-electron chi connectivity index (χ3n) is 4.71. The van der Waals surface area contributed by atoms with Crippen LogP contribution in [0.3, 0.4) is 0 Å². The first kappa shape index (κ1) is 23.2. The van der Waals surface area contributed by atoms with Crippen LogP contribution < -0.4 is 14.9 Å². The van der Waals surface area contributed by atoms with Crippen LogP contribution in [0.4, 0.5) is 0 Å². The van der Waals surface area contributed by atoms with E-state index in [2.05, 4.69) is 36.9 Å². The van der Waals surface area contributed by atoms with E-state index in [0.29, 0.717) is 36.1 Å². The second-order valence-electron chi connectivity index (χ2n) is 7.36. The van der Waals surface area contributed by atoms with Crippen LogP contribution in [0.25, 0.3) is 6.08 Å². The van der Waals surface area contributed by atoms with Gasteiger partial charge in [-0.2, -0.15) is 0 Å². The van der Waals surface area contributed by atoms with Crippen molar-refractivity contribution in [1.82, 2.24) is 4.57 Å². The number of carbonyl (C=O) groups excluding carboxylic acids is 1. The molecule has 0 fully saturated rings. The van der Waals surface area contributed by atoms with Crippen molar-refractivity contribution in [3.05, 3.63) is 86.8 Å². The Balaban J connectivity index is 1.94. The fraction of sp³-hybridized carbons (Fsp3) is 0.227. The summed E-state index contributed by atoms with van der Waals surface area (Å²) in [6.45, 7) is 5.30. The summed E-state index contributed by atoms with van der Waals surface area (Å²) < 4.78 is 14.3. The summed E-state index contributed by atoms with van der Waals surface area (Å²) in [7, 11) is 0. The molecule has 1 aromatic carbocycles. The molecule has 3 aromatic rings. The summed E-state index contributed by atoms with van der Waals surface area (Å²) in [5.74, 6) is 0.00147. The Bertz CT molecular complexity index is 1400. The second-order valence-corrected chi connectivity index (χ2v) is 10.4. The predicted molar refractivity (Wildman–Crippen MR) is 131 cm³/mol. The number of aromatic nitrogens is 1. The number of furan rings is 1. The molecule has 4 rings (SSSR count). The molecule has 0 aliphatic carbocycles. The smallest absolute Gasteiger partial charge is 0.338 e. The number of ether oxygens (including phenoxy) is 1. The van der Waals surface area contributed by atoms with Gasteiger partial charge in [0.1, 0.15) is 5.76 Å². The van der Waals surface area contributed by atoms with Crippen LogP contribution in [0.5, 0.6) is 0 Å². The van der Waals surface area contributed by atoms with E-state index < -0.39 is 12.0 Å². The van der Waals surface area contributed by atoms with E-state index >= 15 is 0 Å². The van der Waals surface area contributed by atoms with Gasteiger partial charge in [-0.3, -0.25) is 9.36 Å². The number of nitrogens with zero attached hydrogens (tertiary/aromatic N) is 2. The molecule has 0 amide bonds. The van der Waals surface area contributed by atoms with E-state index in [1.165, 1.54) is 15.9 Å². The number of fused-ring (bicyclic) bond motifs is 1.